The highest BCUT2D eigenvalue weighted by molar-refractivity contribution is 5.63. The number of rotatable bonds is 4. The first-order valence-corrected chi connectivity index (χ1v) is 7.23. The minimum absolute atomic E-state index is 0.259. The largest absolute Gasteiger partial charge is 0.271 e. The maximum absolute atomic E-state index is 5.77. The SMILES string of the molecule is CC1(C)CC1C(NN)c1ccc(-c2ccccc2)cc1. The van der Waals surface area contributed by atoms with Crippen molar-refractivity contribution in [3.8, 4) is 11.1 Å². The van der Waals surface area contributed by atoms with Gasteiger partial charge in [-0.25, -0.2) is 0 Å². The van der Waals surface area contributed by atoms with E-state index in [4.69, 9.17) is 5.84 Å². The average Bonchev–Trinajstić information content (AvgIpc) is 3.10. The number of hydrogen-bond acceptors (Lipinski definition) is 2. The van der Waals surface area contributed by atoms with Crippen molar-refractivity contribution in [2.75, 3.05) is 0 Å². The highest BCUT2D eigenvalue weighted by atomic mass is 15.2. The topological polar surface area (TPSA) is 38.0 Å². The van der Waals surface area contributed by atoms with Gasteiger partial charge in [0.1, 0.15) is 0 Å². The Hall–Kier alpha value is -1.64. The van der Waals surface area contributed by atoms with E-state index in [0.717, 1.165) is 0 Å². The van der Waals surface area contributed by atoms with Crippen LogP contribution in [0.1, 0.15) is 31.9 Å². The summed E-state index contributed by atoms with van der Waals surface area (Å²) in [5, 5.41) is 0. The van der Waals surface area contributed by atoms with Crippen LogP contribution in [0.2, 0.25) is 0 Å². The van der Waals surface area contributed by atoms with Gasteiger partial charge in [0.25, 0.3) is 0 Å². The molecule has 3 rings (SSSR count). The molecule has 1 saturated carbocycles. The van der Waals surface area contributed by atoms with Gasteiger partial charge in [-0.2, -0.15) is 0 Å². The highest BCUT2D eigenvalue weighted by Gasteiger charge is 2.50. The molecule has 0 saturated heterocycles. The molecule has 2 heteroatoms. The first kappa shape index (κ1) is 13.3. The van der Waals surface area contributed by atoms with Gasteiger partial charge in [-0.3, -0.25) is 11.3 Å². The predicted molar refractivity (Wildman–Crippen MR) is 83.8 cm³/mol. The summed E-state index contributed by atoms with van der Waals surface area (Å²) in [5.74, 6) is 6.40. The summed E-state index contributed by atoms with van der Waals surface area (Å²) in [6, 6.07) is 19.5. The second-order valence-corrected chi connectivity index (χ2v) is 6.43. The third kappa shape index (κ3) is 2.49. The lowest BCUT2D eigenvalue weighted by Gasteiger charge is -2.18. The molecule has 0 aliphatic heterocycles. The summed E-state index contributed by atoms with van der Waals surface area (Å²) in [4.78, 5) is 0. The fourth-order valence-electron chi connectivity index (χ4n) is 3.04. The van der Waals surface area contributed by atoms with Crippen LogP contribution in [0.15, 0.2) is 54.6 Å². The molecule has 0 spiro atoms. The number of hydrogen-bond donors (Lipinski definition) is 2. The van der Waals surface area contributed by atoms with E-state index >= 15 is 0 Å². The first-order chi connectivity index (χ1) is 9.62. The van der Waals surface area contributed by atoms with Crippen LogP contribution >= 0.6 is 0 Å². The zero-order valence-electron chi connectivity index (χ0n) is 12.1. The van der Waals surface area contributed by atoms with Gasteiger partial charge < -0.3 is 0 Å². The maximum atomic E-state index is 5.77. The molecule has 2 unspecified atom stereocenters. The number of nitrogens with one attached hydrogen (secondary N) is 1. The Balaban J connectivity index is 1.82. The van der Waals surface area contributed by atoms with Crippen molar-refractivity contribution in [3.63, 3.8) is 0 Å². The Morgan fingerprint density at radius 1 is 1.00 bits per heavy atom. The van der Waals surface area contributed by atoms with E-state index in [9.17, 15) is 0 Å². The molecule has 2 atom stereocenters. The van der Waals surface area contributed by atoms with Crippen molar-refractivity contribution >= 4 is 0 Å². The Labute approximate surface area is 121 Å². The number of benzene rings is 2. The summed E-state index contributed by atoms with van der Waals surface area (Å²) >= 11 is 0. The minimum Gasteiger partial charge on any atom is -0.271 e. The molecular formula is C18H22N2. The Morgan fingerprint density at radius 3 is 2.05 bits per heavy atom. The summed E-state index contributed by atoms with van der Waals surface area (Å²) in [7, 11) is 0. The molecule has 0 bridgehead atoms. The molecule has 1 fully saturated rings. The molecule has 1 aliphatic carbocycles. The second kappa shape index (κ2) is 5.04. The number of hydrazine groups is 1. The molecule has 1 aliphatic rings. The molecule has 0 heterocycles. The van der Waals surface area contributed by atoms with Gasteiger partial charge in [-0.1, -0.05) is 68.4 Å². The van der Waals surface area contributed by atoms with Gasteiger partial charge in [0.2, 0.25) is 0 Å². The molecule has 2 aromatic rings. The summed E-state index contributed by atoms with van der Waals surface area (Å²) in [5.41, 5.74) is 7.19. The lowest BCUT2D eigenvalue weighted by molar-refractivity contribution is 0.423. The molecule has 2 nitrogen and oxygen atoms in total. The molecule has 2 aromatic carbocycles. The van der Waals surface area contributed by atoms with Crippen LogP contribution in [-0.4, -0.2) is 0 Å². The third-order valence-electron chi connectivity index (χ3n) is 4.55. The summed E-state index contributed by atoms with van der Waals surface area (Å²) in [6.45, 7) is 4.61. The fourth-order valence-corrected chi connectivity index (χ4v) is 3.04. The van der Waals surface area contributed by atoms with Crippen molar-refractivity contribution in [1.82, 2.24) is 5.43 Å². The van der Waals surface area contributed by atoms with Gasteiger partial charge in [-0.15, -0.1) is 0 Å². The quantitative estimate of drug-likeness (QED) is 0.650. The Bertz CT molecular complexity index is 572. The predicted octanol–water partition coefficient (Wildman–Crippen LogP) is 3.90. The van der Waals surface area contributed by atoms with Crippen LogP contribution in [0.4, 0.5) is 0 Å². The second-order valence-electron chi connectivity index (χ2n) is 6.43. The highest BCUT2D eigenvalue weighted by Crippen LogP contribution is 2.57. The molecule has 104 valence electrons. The zero-order valence-corrected chi connectivity index (χ0v) is 12.1. The van der Waals surface area contributed by atoms with E-state index < -0.39 is 0 Å². The van der Waals surface area contributed by atoms with Crippen LogP contribution in [0.3, 0.4) is 0 Å². The summed E-state index contributed by atoms with van der Waals surface area (Å²) in [6.07, 6.45) is 1.24. The van der Waals surface area contributed by atoms with E-state index in [-0.39, 0.29) is 6.04 Å². The van der Waals surface area contributed by atoms with Crippen LogP contribution in [-0.2, 0) is 0 Å². The van der Waals surface area contributed by atoms with Crippen LogP contribution in [0.25, 0.3) is 11.1 Å². The van der Waals surface area contributed by atoms with Crippen LogP contribution in [0.5, 0.6) is 0 Å². The van der Waals surface area contributed by atoms with Crippen molar-refractivity contribution in [1.29, 1.82) is 0 Å². The zero-order chi connectivity index (χ0) is 14.2. The van der Waals surface area contributed by atoms with Gasteiger partial charge in [-0.05, 0) is 34.4 Å². The molecule has 0 radical (unpaired) electrons. The average molecular weight is 266 g/mol. The van der Waals surface area contributed by atoms with Crippen LogP contribution < -0.4 is 11.3 Å². The van der Waals surface area contributed by atoms with E-state index in [0.29, 0.717) is 11.3 Å². The molecule has 3 N–H and O–H groups in total. The van der Waals surface area contributed by atoms with Crippen molar-refractivity contribution < 1.29 is 0 Å². The molecule has 0 aromatic heterocycles. The number of nitrogens with two attached hydrogens (primary N) is 1. The van der Waals surface area contributed by atoms with E-state index in [2.05, 4.69) is 67.8 Å². The van der Waals surface area contributed by atoms with E-state index in [1.165, 1.54) is 23.1 Å². The molecule has 20 heavy (non-hydrogen) atoms. The van der Waals surface area contributed by atoms with Gasteiger partial charge in [0, 0.05) is 6.04 Å². The smallest absolute Gasteiger partial charge is 0.0493 e. The van der Waals surface area contributed by atoms with Gasteiger partial charge in [0.15, 0.2) is 0 Å². The Morgan fingerprint density at radius 2 is 1.55 bits per heavy atom. The standard InChI is InChI=1S/C18H22N2/c1-18(2)12-16(18)17(20-19)15-10-8-14(9-11-15)13-6-4-3-5-7-13/h3-11,16-17,20H,12,19H2,1-2H3. The maximum Gasteiger partial charge on any atom is 0.0493 e. The van der Waals surface area contributed by atoms with Gasteiger partial charge >= 0.3 is 0 Å². The Kier molecular flexibility index (Phi) is 3.36. The van der Waals surface area contributed by atoms with Crippen molar-refractivity contribution in [3.05, 3.63) is 60.2 Å². The van der Waals surface area contributed by atoms with E-state index in [1.807, 2.05) is 6.07 Å². The summed E-state index contributed by atoms with van der Waals surface area (Å²) < 4.78 is 0. The minimum atomic E-state index is 0.259. The van der Waals surface area contributed by atoms with Crippen molar-refractivity contribution in [2.45, 2.75) is 26.3 Å². The molecular weight excluding hydrogens is 244 g/mol. The third-order valence-corrected chi connectivity index (χ3v) is 4.55. The monoisotopic (exact) mass is 266 g/mol. The lowest BCUT2D eigenvalue weighted by atomic mass is 9.95. The lowest BCUT2D eigenvalue weighted by Crippen LogP contribution is -2.30. The van der Waals surface area contributed by atoms with Crippen molar-refractivity contribution in [2.24, 2.45) is 17.2 Å². The van der Waals surface area contributed by atoms with E-state index in [1.54, 1.807) is 0 Å². The van der Waals surface area contributed by atoms with Gasteiger partial charge in [0.05, 0.1) is 0 Å². The molecule has 0 amide bonds. The van der Waals surface area contributed by atoms with Crippen LogP contribution in [0, 0.1) is 11.3 Å². The first-order valence-electron chi connectivity index (χ1n) is 7.23. The normalized spacial score (nSPS) is 21.4. The fraction of sp³-hybridized carbons (Fsp3) is 0.333.